The van der Waals surface area contributed by atoms with Crippen LogP contribution in [0.25, 0.3) is 11.1 Å². The number of hydrogen-bond acceptors (Lipinski definition) is 5. The van der Waals surface area contributed by atoms with Crippen LogP contribution in [0.3, 0.4) is 0 Å². The summed E-state index contributed by atoms with van der Waals surface area (Å²) in [6, 6.07) is 22.7. The second kappa shape index (κ2) is 10.1. The van der Waals surface area contributed by atoms with Crippen molar-refractivity contribution in [3.8, 4) is 22.9 Å². The van der Waals surface area contributed by atoms with E-state index in [1.807, 2.05) is 42.5 Å². The summed E-state index contributed by atoms with van der Waals surface area (Å²) in [7, 11) is 0. The second-order valence-electron chi connectivity index (χ2n) is 8.25. The van der Waals surface area contributed by atoms with Crippen LogP contribution in [0.15, 0.2) is 72.8 Å². The first-order valence-electron chi connectivity index (χ1n) is 11.1. The Bertz CT molecular complexity index is 1190. The fraction of sp³-hybridized carbons (Fsp3) is 0.222. The van der Waals surface area contributed by atoms with Gasteiger partial charge in [-0.1, -0.05) is 60.7 Å². The maximum atomic E-state index is 12.7. The highest BCUT2D eigenvalue weighted by molar-refractivity contribution is 5.86. The van der Waals surface area contributed by atoms with Crippen molar-refractivity contribution in [2.75, 3.05) is 6.61 Å². The van der Waals surface area contributed by atoms with Crippen LogP contribution >= 0.6 is 0 Å². The molecule has 0 aliphatic heterocycles. The summed E-state index contributed by atoms with van der Waals surface area (Å²) in [5, 5.41) is 23.7. The van der Waals surface area contributed by atoms with Gasteiger partial charge in [0.2, 0.25) is 5.91 Å². The van der Waals surface area contributed by atoms with Crippen LogP contribution < -0.4 is 10.6 Å². The average Bonchev–Trinajstić information content (AvgIpc) is 3.17. The highest BCUT2D eigenvalue weighted by Gasteiger charge is 2.30. The summed E-state index contributed by atoms with van der Waals surface area (Å²) in [5.74, 6) is -0.482. The number of phenolic OH excluding ortho intramolecular Hbond substituents is 1. The lowest BCUT2D eigenvalue weighted by molar-refractivity contribution is -0.123. The summed E-state index contributed by atoms with van der Waals surface area (Å²) < 4.78 is 5.57. The van der Waals surface area contributed by atoms with Gasteiger partial charge >= 0.3 is 6.09 Å². The minimum Gasteiger partial charge on any atom is -0.508 e. The van der Waals surface area contributed by atoms with Crippen LogP contribution in [-0.4, -0.2) is 35.8 Å². The lowest BCUT2D eigenvalue weighted by atomic mass is 9.98. The first kappa shape index (κ1) is 22.9. The van der Waals surface area contributed by atoms with Crippen molar-refractivity contribution in [3.05, 3.63) is 89.5 Å². The molecular weight excluding hydrogens is 430 g/mol. The lowest BCUT2D eigenvalue weighted by Gasteiger charge is -2.20. The Morgan fingerprint density at radius 3 is 2.15 bits per heavy atom. The quantitative estimate of drug-likeness (QED) is 0.501. The van der Waals surface area contributed by atoms with Crippen molar-refractivity contribution in [1.82, 2.24) is 10.6 Å². The third kappa shape index (κ3) is 5.02. The van der Waals surface area contributed by atoms with Gasteiger partial charge in [0, 0.05) is 12.3 Å². The normalized spacial score (nSPS) is 13.6. The molecule has 2 amide bonds. The Labute approximate surface area is 198 Å². The molecule has 0 saturated carbocycles. The van der Waals surface area contributed by atoms with E-state index in [0.717, 1.165) is 27.8 Å². The largest absolute Gasteiger partial charge is 0.508 e. The molecule has 0 bridgehead atoms. The molecule has 3 aromatic carbocycles. The standard InChI is InChI=1S/C27H25N3O4/c1-17(15-28)29-26(32)25(14-18-10-12-19(31)13-11-18)30-27(33)34-16-24-22-8-4-2-6-20(22)21-7-3-5-9-23(21)24/h2-13,17,24-25,31H,14,16H2,1H3,(H,29,32)(H,30,33). The van der Waals surface area contributed by atoms with E-state index in [9.17, 15) is 14.7 Å². The number of rotatable bonds is 7. The number of hydrogen-bond donors (Lipinski definition) is 3. The number of phenols is 1. The molecule has 2 atom stereocenters. The van der Waals surface area contributed by atoms with Gasteiger partial charge in [0.15, 0.2) is 0 Å². The first-order valence-corrected chi connectivity index (χ1v) is 11.1. The number of nitrogens with zero attached hydrogens (tertiary/aromatic N) is 1. The van der Waals surface area contributed by atoms with Crippen LogP contribution in [0.5, 0.6) is 5.75 Å². The Morgan fingerprint density at radius 1 is 0.971 bits per heavy atom. The van der Waals surface area contributed by atoms with E-state index < -0.39 is 24.1 Å². The van der Waals surface area contributed by atoms with E-state index in [0.29, 0.717) is 0 Å². The van der Waals surface area contributed by atoms with E-state index in [1.54, 1.807) is 19.1 Å². The third-order valence-electron chi connectivity index (χ3n) is 5.88. The van der Waals surface area contributed by atoms with Gasteiger partial charge < -0.3 is 20.5 Å². The summed E-state index contributed by atoms with van der Waals surface area (Å²) in [5.41, 5.74) is 5.18. The first-order chi connectivity index (χ1) is 16.5. The van der Waals surface area contributed by atoms with Crippen LogP contribution in [0.4, 0.5) is 4.79 Å². The molecule has 7 heteroatoms. The molecule has 0 radical (unpaired) electrons. The van der Waals surface area contributed by atoms with Crippen LogP contribution in [0.2, 0.25) is 0 Å². The number of ether oxygens (including phenoxy) is 1. The van der Waals surface area contributed by atoms with E-state index in [4.69, 9.17) is 10.00 Å². The molecule has 0 aromatic heterocycles. The number of carbonyl (C=O) groups excluding carboxylic acids is 2. The van der Waals surface area contributed by atoms with Crippen molar-refractivity contribution in [2.24, 2.45) is 0 Å². The summed E-state index contributed by atoms with van der Waals surface area (Å²) in [6.45, 7) is 1.69. The van der Waals surface area contributed by atoms with Gasteiger partial charge in [0.25, 0.3) is 0 Å². The van der Waals surface area contributed by atoms with E-state index in [2.05, 4.69) is 22.8 Å². The summed E-state index contributed by atoms with van der Waals surface area (Å²) >= 11 is 0. The van der Waals surface area contributed by atoms with Crippen molar-refractivity contribution >= 4 is 12.0 Å². The molecule has 1 aliphatic rings. The average molecular weight is 456 g/mol. The highest BCUT2D eigenvalue weighted by atomic mass is 16.5. The van der Waals surface area contributed by atoms with Gasteiger partial charge in [0.05, 0.1) is 6.07 Å². The molecule has 7 nitrogen and oxygen atoms in total. The molecule has 3 N–H and O–H groups in total. The lowest BCUT2D eigenvalue weighted by Crippen LogP contribution is -2.50. The van der Waals surface area contributed by atoms with E-state index in [-0.39, 0.29) is 24.7 Å². The third-order valence-corrected chi connectivity index (χ3v) is 5.88. The number of nitriles is 1. The van der Waals surface area contributed by atoms with Gasteiger partial charge in [-0.2, -0.15) is 5.26 Å². The minimum atomic E-state index is -0.948. The van der Waals surface area contributed by atoms with Crippen molar-refractivity contribution in [3.63, 3.8) is 0 Å². The van der Waals surface area contributed by atoms with Gasteiger partial charge in [-0.05, 0) is 46.9 Å². The van der Waals surface area contributed by atoms with Crippen LogP contribution in [0, 0.1) is 11.3 Å². The smallest absolute Gasteiger partial charge is 0.407 e. The van der Waals surface area contributed by atoms with E-state index in [1.165, 1.54) is 12.1 Å². The molecule has 3 aromatic rings. The molecule has 0 spiro atoms. The fourth-order valence-electron chi connectivity index (χ4n) is 4.21. The second-order valence-corrected chi connectivity index (χ2v) is 8.25. The number of benzene rings is 3. The van der Waals surface area contributed by atoms with Crippen LogP contribution in [0.1, 0.15) is 29.5 Å². The van der Waals surface area contributed by atoms with Crippen LogP contribution in [-0.2, 0) is 16.0 Å². The van der Waals surface area contributed by atoms with Gasteiger partial charge in [-0.15, -0.1) is 0 Å². The zero-order valence-corrected chi connectivity index (χ0v) is 18.7. The fourth-order valence-corrected chi connectivity index (χ4v) is 4.21. The molecule has 1 aliphatic carbocycles. The van der Waals surface area contributed by atoms with Crippen molar-refractivity contribution < 1.29 is 19.4 Å². The van der Waals surface area contributed by atoms with Gasteiger partial charge in [0.1, 0.15) is 24.4 Å². The number of aromatic hydroxyl groups is 1. The maximum absolute atomic E-state index is 12.7. The summed E-state index contributed by atoms with van der Waals surface area (Å²) in [4.78, 5) is 25.4. The van der Waals surface area contributed by atoms with E-state index >= 15 is 0 Å². The zero-order chi connectivity index (χ0) is 24.1. The minimum absolute atomic E-state index is 0.0962. The topological polar surface area (TPSA) is 111 Å². The maximum Gasteiger partial charge on any atom is 0.407 e. The molecule has 34 heavy (non-hydrogen) atoms. The monoisotopic (exact) mass is 455 g/mol. The molecular formula is C27H25N3O4. The summed E-state index contributed by atoms with van der Waals surface area (Å²) in [6.07, 6.45) is -0.542. The molecule has 0 fully saturated rings. The molecule has 172 valence electrons. The van der Waals surface area contributed by atoms with Gasteiger partial charge in [-0.25, -0.2) is 4.79 Å². The SMILES string of the molecule is CC(C#N)NC(=O)C(Cc1ccc(O)cc1)NC(=O)OCC1c2ccccc2-c2ccccc21. The molecule has 4 rings (SSSR count). The molecule has 2 unspecified atom stereocenters. The van der Waals surface area contributed by atoms with Gasteiger partial charge in [-0.3, -0.25) is 4.79 Å². The zero-order valence-electron chi connectivity index (χ0n) is 18.7. The number of carbonyl (C=O) groups is 2. The number of fused-ring (bicyclic) bond motifs is 3. The molecule has 0 saturated heterocycles. The number of nitrogens with one attached hydrogen (secondary N) is 2. The Balaban J connectivity index is 1.46. The number of amides is 2. The number of alkyl carbamates (subject to hydrolysis) is 1. The predicted molar refractivity (Wildman–Crippen MR) is 127 cm³/mol. The molecule has 0 heterocycles. The highest BCUT2D eigenvalue weighted by Crippen LogP contribution is 2.44. The van der Waals surface area contributed by atoms with Crippen molar-refractivity contribution in [2.45, 2.75) is 31.3 Å². The van der Waals surface area contributed by atoms with Crippen molar-refractivity contribution in [1.29, 1.82) is 5.26 Å². The Hall–Kier alpha value is -4.31. The predicted octanol–water partition coefficient (Wildman–Crippen LogP) is 3.87. The Morgan fingerprint density at radius 2 is 1.56 bits per heavy atom. The Kier molecular flexibility index (Phi) is 6.79.